The number of hydrogen-bond donors (Lipinski definition) is 2. The van der Waals surface area contributed by atoms with Crippen molar-refractivity contribution in [1.82, 2.24) is 5.43 Å². The molecule has 0 atom stereocenters. The number of carbonyl (C=O) groups is 2. The number of anilines is 1. The Kier molecular flexibility index (Phi) is 6.91. The lowest BCUT2D eigenvalue weighted by Gasteiger charge is -2.05. The molecule has 2 aromatic carbocycles. The summed E-state index contributed by atoms with van der Waals surface area (Å²) in [5.74, 6) is -1.19. The molecule has 0 saturated heterocycles. The maximum Gasteiger partial charge on any atom is 0.240 e. The molecule has 130 valence electrons. The maximum absolute atomic E-state index is 12.8. The van der Waals surface area contributed by atoms with E-state index in [1.165, 1.54) is 30.5 Å². The fourth-order valence-electron chi connectivity index (χ4n) is 1.84. The van der Waals surface area contributed by atoms with Crippen LogP contribution < -0.4 is 10.7 Å². The molecule has 0 bridgehead atoms. The fraction of sp³-hybridized carbons (Fsp3) is 0.118. The smallest absolute Gasteiger partial charge is 0.240 e. The first kappa shape index (κ1) is 18.9. The summed E-state index contributed by atoms with van der Waals surface area (Å²) in [5, 5.41) is 7.14. The quantitative estimate of drug-likeness (QED) is 0.586. The summed E-state index contributed by atoms with van der Waals surface area (Å²) in [4.78, 5) is 23.4. The minimum atomic E-state index is -0.436. The largest absolute Gasteiger partial charge is 0.326 e. The number of benzene rings is 2. The van der Waals surface area contributed by atoms with Crippen molar-refractivity contribution in [2.75, 3.05) is 5.32 Å². The summed E-state index contributed by atoms with van der Waals surface area (Å²) in [6.07, 6.45) is 1.24. The highest BCUT2D eigenvalue weighted by Gasteiger charge is 2.07. The van der Waals surface area contributed by atoms with Crippen LogP contribution in [0.25, 0.3) is 0 Å². The normalized spacial score (nSPS) is 10.7. The molecule has 2 amide bonds. The van der Waals surface area contributed by atoms with E-state index < -0.39 is 11.7 Å². The summed E-state index contributed by atoms with van der Waals surface area (Å²) in [5.41, 5.74) is 3.24. The minimum Gasteiger partial charge on any atom is -0.326 e. The van der Waals surface area contributed by atoms with E-state index in [-0.39, 0.29) is 18.7 Å². The standard InChI is InChI=1S/C17H14Cl2FN3O2/c18-14-2-1-3-15(19)13(14)10-21-23-17(25)9-8-16(24)22-12-6-4-11(20)5-7-12/h1-7,10H,8-9H2,(H,22,24)(H,23,25)/b21-10-. The Bertz CT molecular complexity index is 775. The Morgan fingerprint density at radius 2 is 1.60 bits per heavy atom. The highest BCUT2D eigenvalue weighted by molar-refractivity contribution is 6.38. The van der Waals surface area contributed by atoms with Gasteiger partial charge < -0.3 is 5.32 Å². The van der Waals surface area contributed by atoms with Crippen LogP contribution in [0.15, 0.2) is 47.6 Å². The number of hydrogen-bond acceptors (Lipinski definition) is 3. The molecule has 0 fully saturated rings. The first-order valence-corrected chi connectivity index (χ1v) is 8.02. The van der Waals surface area contributed by atoms with Crippen molar-refractivity contribution in [1.29, 1.82) is 0 Å². The van der Waals surface area contributed by atoms with E-state index in [1.807, 2.05) is 0 Å². The van der Waals surface area contributed by atoms with Crippen LogP contribution in [0.2, 0.25) is 10.0 Å². The van der Waals surface area contributed by atoms with Crippen LogP contribution in [0.4, 0.5) is 10.1 Å². The zero-order chi connectivity index (χ0) is 18.2. The van der Waals surface area contributed by atoms with Gasteiger partial charge in [0.25, 0.3) is 0 Å². The van der Waals surface area contributed by atoms with Crippen LogP contribution in [0.5, 0.6) is 0 Å². The molecule has 5 nitrogen and oxygen atoms in total. The molecule has 0 aliphatic carbocycles. The molecule has 2 N–H and O–H groups in total. The molecular weight excluding hydrogens is 368 g/mol. The van der Waals surface area contributed by atoms with Crippen molar-refractivity contribution >= 4 is 46.9 Å². The van der Waals surface area contributed by atoms with Gasteiger partial charge in [-0.05, 0) is 36.4 Å². The van der Waals surface area contributed by atoms with Gasteiger partial charge in [0.1, 0.15) is 5.82 Å². The van der Waals surface area contributed by atoms with Crippen molar-refractivity contribution in [2.24, 2.45) is 5.10 Å². The van der Waals surface area contributed by atoms with Gasteiger partial charge in [-0.1, -0.05) is 29.3 Å². The Balaban J connectivity index is 1.77. The molecule has 2 rings (SSSR count). The molecule has 25 heavy (non-hydrogen) atoms. The summed E-state index contributed by atoms with van der Waals surface area (Å²) >= 11 is 11.9. The van der Waals surface area contributed by atoms with Crippen LogP contribution in [-0.2, 0) is 9.59 Å². The SMILES string of the molecule is O=C(CCC(=O)Nc1ccc(F)cc1)N/N=C\c1c(Cl)cccc1Cl. The number of nitrogens with one attached hydrogen (secondary N) is 2. The molecular formula is C17H14Cl2FN3O2. The van der Waals surface area contributed by atoms with Gasteiger partial charge in [0, 0.05) is 24.1 Å². The first-order valence-electron chi connectivity index (χ1n) is 7.27. The van der Waals surface area contributed by atoms with Gasteiger partial charge in [-0.15, -0.1) is 0 Å². The van der Waals surface area contributed by atoms with Crippen LogP contribution in [-0.4, -0.2) is 18.0 Å². The van der Waals surface area contributed by atoms with Gasteiger partial charge in [0.2, 0.25) is 11.8 Å². The van der Waals surface area contributed by atoms with E-state index in [2.05, 4.69) is 15.8 Å². The molecule has 0 saturated carbocycles. The van der Waals surface area contributed by atoms with Gasteiger partial charge in [-0.25, -0.2) is 9.82 Å². The Labute approximate surface area is 153 Å². The van der Waals surface area contributed by atoms with Crippen LogP contribution >= 0.6 is 23.2 Å². The van der Waals surface area contributed by atoms with Crippen molar-refractivity contribution in [3.63, 3.8) is 0 Å². The van der Waals surface area contributed by atoms with E-state index in [9.17, 15) is 14.0 Å². The number of amides is 2. The Hall–Kier alpha value is -2.44. The zero-order valence-corrected chi connectivity index (χ0v) is 14.4. The van der Waals surface area contributed by atoms with Crippen molar-refractivity contribution in [3.8, 4) is 0 Å². The summed E-state index contributed by atoms with van der Waals surface area (Å²) in [6, 6.07) is 10.3. The van der Waals surface area contributed by atoms with Gasteiger partial charge in [0.15, 0.2) is 0 Å². The second kappa shape index (κ2) is 9.15. The number of carbonyl (C=O) groups excluding carboxylic acids is 2. The molecule has 0 spiro atoms. The van der Waals surface area contributed by atoms with Crippen molar-refractivity contribution in [2.45, 2.75) is 12.8 Å². The van der Waals surface area contributed by atoms with Gasteiger partial charge in [-0.2, -0.15) is 5.10 Å². The van der Waals surface area contributed by atoms with Crippen molar-refractivity contribution in [3.05, 3.63) is 63.9 Å². The van der Waals surface area contributed by atoms with Gasteiger partial charge in [0.05, 0.1) is 16.3 Å². The second-order valence-corrected chi connectivity index (χ2v) is 5.80. The lowest BCUT2D eigenvalue weighted by Crippen LogP contribution is -2.20. The molecule has 0 aliphatic rings. The first-order chi connectivity index (χ1) is 12.0. The van der Waals surface area contributed by atoms with E-state index in [4.69, 9.17) is 23.2 Å². The number of halogens is 3. The molecule has 0 aliphatic heterocycles. The minimum absolute atomic E-state index is 0.0361. The second-order valence-electron chi connectivity index (χ2n) is 4.98. The molecule has 0 heterocycles. The number of rotatable bonds is 6. The topological polar surface area (TPSA) is 70.6 Å². The molecule has 0 aromatic heterocycles. The van der Waals surface area contributed by atoms with Gasteiger partial charge in [-0.3, -0.25) is 9.59 Å². The third-order valence-corrected chi connectivity index (χ3v) is 3.75. The molecule has 0 unspecified atom stereocenters. The highest BCUT2D eigenvalue weighted by atomic mass is 35.5. The van der Waals surface area contributed by atoms with E-state index in [0.29, 0.717) is 21.3 Å². The monoisotopic (exact) mass is 381 g/mol. The highest BCUT2D eigenvalue weighted by Crippen LogP contribution is 2.21. The van der Waals surface area contributed by atoms with Crippen LogP contribution in [0, 0.1) is 5.82 Å². The van der Waals surface area contributed by atoms with Crippen LogP contribution in [0.1, 0.15) is 18.4 Å². The van der Waals surface area contributed by atoms with Crippen LogP contribution in [0.3, 0.4) is 0 Å². The fourth-order valence-corrected chi connectivity index (χ4v) is 2.34. The number of hydrazone groups is 1. The van der Waals surface area contributed by atoms with E-state index >= 15 is 0 Å². The predicted octanol–water partition coefficient (Wildman–Crippen LogP) is 4.00. The third-order valence-electron chi connectivity index (χ3n) is 3.09. The van der Waals surface area contributed by atoms with E-state index in [0.717, 1.165) is 0 Å². The zero-order valence-electron chi connectivity index (χ0n) is 12.9. The predicted molar refractivity (Wildman–Crippen MR) is 96.5 cm³/mol. The lowest BCUT2D eigenvalue weighted by molar-refractivity contribution is -0.124. The summed E-state index contributed by atoms with van der Waals surface area (Å²) in [6.45, 7) is 0. The van der Waals surface area contributed by atoms with E-state index in [1.54, 1.807) is 18.2 Å². The third kappa shape index (κ3) is 6.17. The van der Waals surface area contributed by atoms with Crippen molar-refractivity contribution < 1.29 is 14.0 Å². The average molecular weight is 382 g/mol. The Morgan fingerprint density at radius 3 is 2.24 bits per heavy atom. The average Bonchev–Trinajstić information content (AvgIpc) is 2.58. The summed E-state index contributed by atoms with van der Waals surface area (Å²) < 4.78 is 12.8. The maximum atomic E-state index is 12.8. The summed E-state index contributed by atoms with van der Waals surface area (Å²) in [7, 11) is 0. The van der Waals surface area contributed by atoms with Gasteiger partial charge >= 0.3 is 0 Å². The molecule has 8 heteroatoms. The molecule has 0 radical (unpaired) electrons. The number of nitrogens with zero attached hydrogens (tertiary/aromatic N) is 1. The lowest BCUT2D eigenvalue weighted by atomic mass is 10.2. The molecule has 2 aromatic rings. The Morgan fingerprint density at radius 1 is 1.00 bits per heavy atom.